The van der Waals surface area contributed by atoms with Crippen molar-refractivity contribution in [3.63, 3.8) is 0 Å². The van der Waals surface area contributed by atoms with Crippen molar-refractivity contribution < 1.29 is 14.7 Å². The number of nitrogens with one attached hydrogen (secondary N) is 1. The zero-order chi connectivity index (χ0) is 14.5. The van der Waals surface area contributed by atoms with Crippen molar-refractivity contribution in [1.82, 2.24) is 15.5 Å². The van der Waals surface area contributed by atoms with Crippen LogP contribution in [-0.4, -0.2) is 46.8 Å². The van der Waals surface area contributed by atoms with Gasteiger partial charge in [0.25, 0.3) is 5.91 Å². The molecule has 108 valence electrons. The van der Waals surface area contributed by atoms with Crippen molar-refractivity contribution in [3.8, 4) is 0 Å². The monoisotopic (exact) mass is 278 g/mol. The van der Waals surface area contributed by atoms with Gasteiger partial charge in [-0.3, -0.25) is 9.59 Å². The fraction of sp³-hybridized carbons (Fsp3) is 0.538. The van der Waals surface area contributed by atoms with E-state index >= 15 is 0 Å². The van der Waals surface area contributed by atoms with Crippen LogP contribution in [0.15, 0.2) is 12.1 Å². The Morgan fingerprint density at radius 1 is 1.35 bits per heavy atom. The van der Waals surface area contributed by atoms with E-state index in [1.165, 1.54) is 7.05 Å². The average Bonchev–Trinajstić information content (AvgIpc) is 2.98. The molecular weight excluding hydrogens is 260 g/mol. The molecule has 7 heteroatoms. The Hall–Kier alpha value is -2.18. The highest BCUT2D eigenvalue weighted by Gasteiger charge is 2.25. The molecule has 0 aromatic carbocycles. The maximum absolute atomic E-state index is 11.4. The molecule has 1 aliphatic carbocycles. The fourth-order valence-corrected chi connectivity index (χ4v) is 2.49. The maximum Gasteiger partial charge on any atom is 0.323 e. The fourth-order valence-electron chi connectivity index (χ4n) is 2.49. The summed E-state index contributed by atoms with van der Waals surface area (Å²) in [5, 5.41) is 19.4. The Labute approximate surface area is 117 Å². The molecule has 0 radical (unpaired) electrons. The number of anilines is 1. The molecule has 2 N–H and O–H groups in total. The third-order valence-electron chi connectivity index (χ3n) is 3.48. The second-order valence-corrected chi connectivity index (χ2v) is 4.82. The SMILES string of the molecule is CNC(=O)c1ccc(N(CC(=O)O)C2CCCC2)nn1. The van der Waals surface area contributed by atoms with Crippen LogP contribution >= 0.6 is 0 Å². The van der Waals surface area contributed by atoms with Crippen LogP contribution in [0.3, 0.4) is 0 Å². The smallest absolute Gasteiger partial charge is 0.323 e. The molecule has 0 spiro atoms. The normalized spacial score (nSPS) is 15.1. The predicted molar refractivity (Wildman–Crippen MR) is 72.7 cm³/mol. The van der Waals surface area contributed by atoms with Gasteiger partial charge in [-0.2, -0.15) is 0 Å². The van der Waals surface area contributed by atoms with Crippen molar-refractivity contribution in [3.05, 3.63) is 17.8 Å². The van der Waals surface area contributed by atoms with Crippen LogP contribution < -0.4 is 10.2 Å². The minimum absolute atomic E-state index is 0.0985. The third kappa shape index (κ3) is 3.23. The topological polar surface area (TPSA) is 95.4 Å². The van der Waals surface area contributed by atoms with Gasteiger partial charge in [-0.15, -0.1) is 10.2 Å². The molecular formula is C13H18N4O3. The Balaban J connectivity index is 2.19. The summed E-state index contributed by atoms with van der Waals surface area (Å²) in [5.74, 6) is -0.698. The van der Waals surface area contributed by atoms with Gasteiger partial charge in [0.15, 0.2) is 11.5 Å². The van der Waals surface area contributed by atoms with E-state index in [9.17, 15) is 9.59 Å². The molecule has 0 unspecified atom stereocenters. The quantitative estimate of drug-likeness (QED) is 0.822. The van der Waals surface area contributed by atoms with E-state index < -0.39 is 5.97 Å². The first-order valence-corrected chi connectivity index (χ1v) is 6.66. The molecule has 1 heterocycles. The number of hydrogen-bond donors (Lipinski definition) is 2. The number of amides is 1. The molecule has 1 aromatic heterocycles. The van der Waals surface area contributed by atoms with E-state index in [0.29, 0.717) is 5.82 Å². The number of aliphatic carboxylic acids is 1. The van der Waals surface area contributed by atoms with Gasteiger partial charge < -0.3 is 15.3 Å². The van der Waals surface area contributed by atoms with Crippen LogP contribution in [0, 0.1) is 0 Å². The lowest BCUT2D eigenvalue weighted by atomic mass is 10.2. The Morgan fingerprint density at radius 3 is 2.55 bits per heavy atom. The Bertz CT molecular complexity index is 483. The van der Waals surface area contributed by atoms with Crippen LogP contribution in [0.2, 0.25) is 0 Å². The predicted octanol–water partition coefficient (Wildman–Crippen LogP) is 0.670. The summed E-state index contributed by atoms with van der Waals surface area (Å²) in [7, 11) is 1.52. The summed E-state index contributed by atoms with van der Waals surface area (Å²) in [6.07, 6.45) is 4.13. The minimum atomic E-state index is -0.894. The summed E-state index contributed by atoms with van der Waals surface area (Å²) < 4.78 is 0. The number of nitrogens with zero attached hydrogens (tertiary/aromatic N) is 3. The Morgan fingerprint density at radius 2 is 2.05 bits per heavy atom. The molecule has 1 aliphatic rings. The highest BCUT2D eigenvalue weighted by molar-refractivity contribution is 5.91. The van der Waals surface area contributed by atoms with Crippen molar-refractivity contribution in [2.24, 2.45) is 0 Å². The van der Waals surface area contributed by atoms with Crippen LogP contribution in [0.1, 0.15) is 36.2 Å². The molecule has 1 saturated carbocycles. The highest BCUT2D eigenvalue weighted by Crippen LogP contribution is 2.26. The molecule has 1 fully saturated rings. The second kappa shape index (κ2) is 6.31. The summed E-state index contributed by atoms with van der Waals surface area (Å²) in [4.78, 5) is 24.2. The van der Waals surface area contributed by atoms with Gasteiger partial charge in [0.1, 0.15) is 6.54 Å². The van der Waals surface area contributed by atoms with Gasteiger partial charge in [-0.1, -0.05) is 12.8 Å². The third-order valence-corrected chi connectivity index (χ3v) is 3.48. The zero-order valence-corrected chi connectivity index (χ0v) is 11.4. The minimum Gasteiger partial charge on any atom is -0.480 e. The molecule has 1 aromatic rings. The molecule has 0 aliphatic heterocycles. The molecule has 1 amide bonds. The number of carboxylic acids is 1. The van der Waals surface area contributed by atoms with Crippen LogP contribution in [0.25, 0.3) is 0 Å². The summed E-state index contributed by atoms with van der Waals surface area (Å²) in [6, 6.07) is 3.40. The summed E-state index contributed by atoms with van der Waals surface area (Å²) >= 11 is 0. The largest absolute Gasteiger partial charge is 0.480 e. The lowest BCUT2D eigenvalue weighted by Crippen LogP contribution is -2.38. The summed E-state index contributed by atoms with van der Waals surface area (Å²) in [6.45, 7) is -0.0985. The number of hydrogen-bond acceptors (Lipinski definition) is 5. The van der Waals surface area contributed by atoms with E-state index in [0.717, 1.165) is 25.7 Å². The van der Waals surface area contributed by atoms with E-state index in [4.69, 9.17) is 5.11 Å². The highest BCUT2D eigenvalue weighted by atomic mass is 16.4. The molecule has 0 atom stereocenters. The van der Waals surface area contributed by atoms with Crippen LogP contribution in [-0.2, 0) is 4.79 Å². The maximum atomic E-state index is 11.4. The van der Waals surface area contributed by atoms with Crippen molar-refractivity contribution in [2.75, 3.05) is 18.5 Å². The van der Waals surface area contributed by atoms with Gasteiger partial charge in [-0.05, 0) is 25.0 Å². The Kier molecular flexibility index (Phi) is 4.49. The van der Waals surface area contributed by atoms with E-state index in [1.54, 1.807) is 17.0 Å². The van der Waals surface area contributed by atoms with Crippen LogP contribution in [0.5, 0.6) is 0 Å². The lowest BCUT2D eigenvalue weighted by molar-refractivity contribution is -0.135. The first-order chi connectivity index (χ1) is 9.61. The number of carboxylic acid groups (broad SMARTS) is 1. The number of aromatic nitrogens is 2. The van der Waals surface area contributed by atoms with Crippen molar-refractivity contribution in [1.29, 1.82) is 0 Å². The van der Waals surface area contributed by atoms with Gasteiger partial charge in [0, 0.05) is 13.1 Å². The molecule has 20 heavy (non-hydrogen) atoms. The number of carbonyl (C=O) groups excluding carboxylic acids is 1. The average molecular weight is 278 g/mol. The van der Waals surface area contributed by atoms with Crippen molar-refractivity contribution in [2.45, 2.75) is 31.7 Å². The van der Waals surface area contributed by atoms with Crippen molar-refractivity contribution >= 4 is 17.7 Å². The van der Waals surface area contributed by atoms with E-state index in [-0.39, 0.29) is 24.2 Å². The van der Waals surface area contributed by atoms with Gasteiger partial charge in [0.2, 0.25) is 0 Å². The van der Waals surface area contributed by atoms with E-state index in [2.05, 4.69) is 15.5 Å². The number of carbonyl (C=O) groups is 2. The van der Waals surface area contributed by atoms with E-state index in [1.807, 2.05) is 0 Å². The molecule has 2 rings (SSSR count). The van der Waals surface area contributed by atoms with Gasteiger partial charge in [-0.25, -0.2) is 0 Å². The first kappa shape index (κ1) is 14.2. The molecule has 0 saturated heterocycles. The molecule has 7 nitrogen and oxygen atoms in total. The summed E-state index contributed by atoms with van der Waals surface area (Å²) in [5.41, 5.74) is 0.220. The molecule has 0 bridgehead atoms. The van der Waals surface area contributed by atoms with Crippen LogP contribution in [0.4, 0.5) is 5.82 Å². The second-order valence-electron chi connectivity index (χ2n) is 4.82. The van der Waals surface area contributed by atoms with Gasteiger partial charge in [0.05, 0.1) is 0 Å². The number of rotatable bonds is 5. The first-order valence-electron chi connectivity index (χ1n) is 6.66. The zero-order valence-electron chi connectivity index (χ0n) is 11.4. The van der Waals surface area contributed by atoms with Gasteiger partial charge >= 0.3 is 5.97 Å². The lowest BCUT2D eigenvalue weighted by Gasteiger charge is -2.27. The standard InChI is InChI=1S/C13H18N4O3/c1-14-13(20)10-6-7-11(16-15-10)17(8-12(18)19)9-4-2-3-5-9/h6-7,9H,2-5,8H2,1H3,(H,14,20)(H,18,19).